The van der Waals surface area contributed by atoms with Crippen molar-refractivity contribution in [2.75, 3.05) is 0 Å². The van der Waals surface area contributed by atoms with Gasteiger partial charge in [-0.25, -0.2) is 0 Å². The summed E-state index contributed by atoms with van der Waals surface area (Å²) in [5.41, 5.74) is 8.76. The van der Waals surface area contributed by atoms with Gasteiger partial charge in [0, 0.05) is 36.3 Å². The van der Waals surface area contributed by atoms with Crippen molar-refractivity contribution >= 4 is 113 Å². The van der Waals surface area contributed by atoms with E-state index >= 15 is 0 Å². The van der Waals surface area contributed by atoms with Crippen LogP contribution in [0.2, 0.25) is 0 Å². The van der Waals surface area contributed by atoms with Crippen LogP contribution in [0.25, 0.3) is 124 Å². The molecule has 13 rings (SSSR count). The Hall–Kier alpha value is -7.00. The predicted molar refractivity (Wildman–Crippen MR) is 244 cm³/mol. The molecule has 13 aromatic rings. The molecule has 0 radical (unpaired) electrons. The quantitative estimate of drug-likeness (QED) is 0.156. The van der Waals surface area contributed by atoms with E-state index in [1.807, 2.05) is 11.3 Å². The van der Waals surface area contributed by atoms with Gasteiger partial charge in [-0.1, -0.05) is 152 Å². The van der Waals surface area contributed by atoms with Gasteiger partial charge in [0.1, 0.15) is 0 Å². The van der Waals surface area contributed by atoms with Gasteiger partial charge in [-0.05, 0) is 107 Å². The molecule has 1 nitrogen and oxygen atoms in total. The highest BCUT2D eigenvalue weighted by molar-refractivity contribution is 7.26. The molecule has 3 heterocycles. The van der Waals surface area contributed by atoms with Crippen molar-refractivity contribution in [1.29, 1.82) is 0 Å². The first kappa shape index (κ1) is 30.3. The van der Waals surface area contributed by atoms with Gasteiger partial charge in [0.15, 0.2) is 0 Å². The fourth-order valence-corrected chi connectivity index (χ4v) is 11.2. The molecule has 0 aliphatic rings. The summed E-state index contributed by atoms with van der Waals surface area (Å²) in [7, 11) is 0. The van der Waals surface area contributed by atoms with E-state index in [0.717, 1.165) is 0 Å². The molecule has 0 amide bonds. The third-order valence-corrected chi connectivity index (χ3v) is 13.4. The zero-order valence-electron chi connectivity index (χ0n) is 30.3. The molecule has 0 N–H and O–H groups in total. The van der Waals surface area contributed by atoms with Crippen LogP contribution in [0.5, 0.6) is 0 Å². The minimum absolute atomic E-state index is 1.22. The molecular formula is C54H31NS. The van der Waals surface area contributed by atoms with E-state index in [4.69, 9.17) is 0 Å². The number of hydrogen-bond donors (Lipinski definition) is 0. The average Bonchev–Trinajstić information content (AvgIpc) is 3.82. The summed E-state index contributed by atoms with van der Waals surface area (Å²) in [5.74, 6) is 0. The van der Waals surface area contributed by atoms with E-state index in [9.17, 15) is 0 Å². The lowest BCUT2D eigenvalue weighted by molar-refractivity contribution is 1.36. The highest BCUT2D eigenvalue weighted by atomic mass is 32.1. The fourth-order valence-electron chi connectivity index (χ4n) is 10.00. The number of nitrogens with zero attached hydrogens (tertiary/aromatic N) is 1. The van der Waals surface area contributed by atoms with Crippen molar-refractivity contribution in [2.24, 2.45) is 0 Å². The summed E-state index contributed by atoms with van der Waals surface area (Å²) in [6.07, 6.45) is 0. The van der Waals surface area contributed by atoms with Gasteiger partial charge in [0.2, 0.25) is 0 Å². The lowest BCUT2D eigenvalue weighted by Crippen LogP contribution is -1.91. The smallest absolute Gasteiger partial charge is 0.0619 e. The lowest BCUT2D eigenvalue weighted by Gasteiger charge is -2.18. The summed E-state index contributed by atoms with van der Waals surface area (Å²) in [5, 5.41) is 17.9. The zero-order valence-corrected chi connectivity index (χ0v) is 31.1. The maximum absolute atomic E-state index is 2.57. The highest BCUT2D eigenvalue weighted by Crippen LogP contribution is 2.47. The molecule has 0 atom stereocenters. The summed E-state index contributed by atoms with van der Waals surface area (Å²) in [6.45, 7) is 0. The Morgan fingerprint density at radius 2 is 0.804 bits per heavy atom. The molecule has 0 fully saturated rings. The summed E-state index contributed by atoms with van der Waals surface area (Å²) >= 11 is 1.90. The van der Waals surface area contributed by atoms with Crippen molar-refractivity contribution in [3.05, 3.63) is 188 Å². The first-order chi connectivity index (χ1) is 27.8. The fraction of sp³-hybridized carbons (Fsp3) is 0. The topological polar surface area (TPSA) is 4.41 Å². The average molecular weight is 726 g/mol. The van der Waals surface area contributed by atoms with Gasteiger partial charge in [-0.3, -0.25) is 0 Å². The van der Waals surface area contributed by atoms with Crippen LogP contribution in [0.3, 0.4) is 0 Å². The zero-order chi connectivity index (χ0) is 36.5. The molecule has 0 unspecified atom stereocenters. The maximum Gasteiger partial charge on any atom is 0.0619 e. The monoisotopic (exact) mass is 725 g/mol. The van der Waals surface area contributed by atoms with Crippen molar-refractivity contribution < 1.29 is 0 Å². The number of thiophene rings is 1. The number of rotatable bonds is 2. The van der Waals surface area contributed by atoms with Gasteiger partial charge in [0.05, 0.1) is 16.6 Å². The molecule has 3 aromatic heterocycles. The van der Waals surface area contributed by atoms with Crippen LogP contribution in [0.15, 0.2) is 188 Å². The molecule has 0 saturated heterocycles. The Labute approximate surface area is 325 Å². The van der Waals surface area contributed by atoms with Crippen LogP contribution in [0.1, 0.15) is 0 Å². The number of benzene rings is 10. The molecule has 258 valence electrons. The van der Waals surface area contributed by atoms with Crippen LogP contribution in [-0.4, -0.2) is 4.40 Å². The molecule has 0 aliphatic heterocycles. The normalized spacial score (nSPS) is 12.3. The number of para-hydroxylation sites is 1. The second-order valence-corrected chi connectivity index (χ2v) is 16.2. The lowest BCUT2D eigenvalue weighted by atomic mass is 9.85. The van der Waals surface area contributed by atoms with Crippen molar-refractivity contribution in [3.63, 3.8) is 0 Å². The van der Waals surface area contributed by atoms with Gasteiger partial charge in [-0.15, -0.1) is 11.3 Å². The molecule has 0 bridgehead atoms. The van der Waals surface area contributed by atoms with Crippen molar-refractivity contribution in [3.8, 4) is 22.3 Å². The standard InChI is InChI=1S/C54H31NS/c1-2-13-33-30-34(27-26-32(33)12-1)50-39-16-5-7-18-41(39)51(42-19-8-6-17-40(42)50)35-28-29-46-45(31-35)44-22-9-21-43-37-15-4-3-14-36(37)38-20-10-24-48-52(38)53-47(55(46)54(43)44)23-11-25-49(53)56-48/h1-31H. The molecule has 0 saturated carbocycles. The Morgan fingerprint density at radius 1 is 0.304 bits per heavy atom. The first-order valence-corrected chi connectivity index (χ1v) is 20.2. The third kappa shape index (κ3) is 4.03. The Morgan fingerprint density at radius 3 is 1.52 bits per heavy atom. The minimum Gasteiger partial charge on any atom is -0.308 e. The van der Waals surface area contributed by atoms with E-state index in [-0.39, 0.29) is 0 Å². The molecule has 56 heavy (non-hydrogen) atoms. The van der Waals surface area contributed by atoms with Crippen molar-refractivity contribution in [1.82, 2.24) is 4.40 Å². The van der Waals surface area contributed by atoms with Gasteiger partial charge in [-0.2, -0.15) is 0 Å². The third-order valence-electron chi connectivity index (χ3n) is 12.3. The van der Waals surface area contributed by atoms with Crippen LogP contribution in [0.4, 0.5) is 0 Å². The molecule has 10 aromatic carbocycles. The van der Waals surface area contributed by atoms with Crippen LogP contribution < -0.4 is 0 Å². The second-order valence-electron chi connectivity index (χ2n) is 15.1. The SMILES string of the molecule is c1ccc2cc(-c3c4ccccc4c(-c4ccc5c(c4)c4cccc6c7ccccc7c7cccc8sc9cccc(c9c87)n5c64)c4ccccc34)ccc2c1. The largest absolute Gasteiger partial charge is 0.308 e. The van der Waals surface area contributed by atoms with E-state index in [2.05, 4.69) is 192 Å². The Kier molecular flexibility index (Phi) is 6.11. The number of fused-ring (bicyclic) bond motifs is 10. The molecule has 2 heteroatoms. The highest BCUT2D eigenvalue weighted by Gasteiger charge is 2.21. The molecule has 0 aliphatic carbocycles. The van der Waals surface area contributed by atoms with E-state index in [1.54, 1.807) is 0 Å². The summed E-state index contributed by atoms with van der Waals surface area (Å²) in [4.78, 5) is 0. The first-order valence-electron chi connectivity index (χ1n) is 19.3. The number of hydrogen-bond acceptors (Lipinski definition) is 1. The van der Waals surface area contributed by atoms with Crippen LogP contribution >= 0.6 is 11.3 Å². The van der Waals surface area contributed by atoms with E-state index in [0.29, 0.717) is 0 Å². The molecule has 0 spiro atoms. The maximum atomic E-state index is 2.57. The van der Waals surface area contributed by atoms with Crippen LogP contribution in [-0.2, 0) is 0 Å². The predicted octanol–water partition coefficient (Wildman–Crippen LogP) is 15.7. The van der Waals surface area contributed by atoms with Gasteiger partial charge < -0.3 is 4.40 Å². The summed E-state index contributed by atoms with van der Waals surface area (Å²) < 4.78 is 5.21. The number of aromatic nitrogens is 1. The van der Waals surface area contributed by atoms with Gasteiger partial charge >= 0.3 is 0 Å². The van der Waals surface area contributed by atoms with Gasteiger partial charge in [0.25, 0.3) is 0 Å². The van der Waals surface area contributed by atoms with E-state index in [1.165, 1.54) is 124 Å². The molecular weight excluding hydrogens is 695 g/mol. The summed E-state index contributed by atoms with van der Waals surface area (Å²) in [6, 6.07) is 70.4. The van der Waals surface area contributed by atoms with Crippen molar-refractivity contribution in [2.45, 2.75) is 0 Å². The van der Waals surface area contributed by atoms with E-state index < -0.39 is 0 Å². The minimum atomic E-state index is 1.22. The Balaban J connectivity index is 1.19. The van der Waals surface area contributed by atoms with Crippen LogP contribution in [0, 0.1) is 0 Å². The Bertz CT molecular complexity index is 3770. The second kappa shape index (κ2) is 11.3.